The third-order valence-corrected chi connectivity index (χ3v) is 5.40. The van der Waals surface area contributed by atoms with Gasteiger partial charge in [-0.15, -0.1) is 0 Å². The molecule has 0 saturated carbocycles. The number of fused-ring (bicyclic) bond motifs is 1. The van der Waals surface area contributed by atoms with Gasteiger partial charge in [0.15, 0.2) is 0 Å². The molecule has 3 aromatic carbocycles. The average Bonchev–Trinajstić information content (AvgIpc) is 2.74. The summed E-state index contributed by atoms with van der Waals surface area (Å²) in [6, 6.07) is 26.1. The molecule has 0 aliphatic heterocycles. The fourth-order valence-corrected chi connectivity index (χ4v) is 3.68. The van der Waals surface area contributed by atoms with Gasteiger partial charge in [0.1, 0.15) is 0 Å². The highest BCUT2D eigenvalue weighted by Gasteiger charge is 2.14. The second-order valence-corrected chi connectivity index (χ2v) is 7.99. The summed E-state index contributed by atoms with van der Waals surface area (Å²) in [6.45, 7) is 2.64. The molecule has 0 saturated heterocycles. The molecule has 29 heavy (non-hydrogen) atoms. The largest absolute Gasteiger partial charge is 0.352 e. The number of nitrogens with zero attached hydrogens (tertiary/aromatic N) is 1. The topological polar surface area (TPSA) is 42.0 Å². The van der Waals surface area contributed by atoms with Crippen LogP contribution in [-0.4, -0.2) is 17.4 Å². The number of pyridine rings is 1. The van der Waals surface area contributed by atoms with Crippen LogP contribution in [0.3, 0.4) is 0 Å². The smallest absolute Gasteiger partial charge is 0.252 e. The maximum absolute atomic E-state index is 13.0. The third kappa shape index (κ3) is 4.54. The van der Waals surface area contributed by atoms with Gasteiger partial charge in [0.25, 0.3) is 5.91 Å². The van der Waals surface area contributed by atoms with Crippen molar-refractivity contribution in [1.29, 1.82) is 0 Å². The number of hydrogen-bond donors (Lipinski definition) is 1. The number of nitrogens with one attached hydrogen (secondary N) is 1. The summed E-state index contributed by atoms with van der Waals surface area (Å²) in [5, 5.41) is 3.91. The summed E-state index contributed by atoms with van der Waals surface area (Å²) in [7, 11) is 0. The lowest BCUT2D eigenvalue weighted by Crippen LogP contribution is -2.26. The van der Waals surface area contributed by atoms with E-state index in [9.17, 15) is 4.79 Å². The lowest BCUT2D eigenvalue weighted by Gasteiger charge is -2.11. The number of carbonyl (C=O) groups is 1. The Kier molecular flexibility index (Phi) is 5.72. The van der Waals surface area contributed by atoms with Gasteiger partial charge in [0.05, 0.1) is 16.8 Å². The minimum absolute atomic E-state index is 0.0835. The molecule has 4 heteroatoms. The van der Waals surface area contributed by atoms with E-state index in [2.05, 4.69) is 52.4 Å². The van der Waals surface area contributed by atoms with Crippen molar-refractivity contribution in [3.63, 3.8) is 0 Å². The Hall–Kier alpha value is -2.98. The number of amides is 1. The van der Waals surface area contributed by atoms with Gasteiger partial charge in [0, 0.05) is 22.0 Å². The highest BCUT2D eigenvalue weighted by atomic mass is 79.9. The molecule has 0 aliphatic rings. The van der Waals surface area contributed by atoms with Gasteiger partial charge >= 0.3 is 0 Å². The zero-order valence-corrected chi connectivity index (χ0v) is 17.7. The number of benzene rings is 3. The van der Waals surface area contributed by atoms with Crippen molar-refractivity contribution in [2.24, 2.45) is 0 Å². The molecule has 144 valence electrons. The maximum Gasteiger partial charge on any atom is 0.252 e. The zero-order valence-electron chi connectivity index (χ0n) is 16.2. The molecule has 0 atom stereocenters. The van der Waals surface area contributed by atoms with Gasteiger partial charge in [0.2, 0.25) is 0 Å². The van der Waals surface area contributed by atoms with E-state index < -0.39 is 0 Å². The molecule has 0 spiro atoms. The molecule has 4 aromatic rings. The molecule has 1 aromatic heterocycles. The van der Waals surface area contributed by atoms with Crippen molar-refractivity contribution in [3.05, 3.63) is 100 Å². The summed E-state index contributed by atoms with van der Waals surface area (Å²) in [5.74, 6) is -0.0835. The average molecular weight is 445 g/mol. The highest BCUT2D eigenvalue weighted by molar-refractivity contribution is 9.10. The summed E-state index contributed by atoms with van der Waals surface area (Å²) in [5.41, 5.74) is 5.64. The van der Waals surface area contributed by atoms with Gasteiger partial charge in [-0.2, -0.15) is 0 Å². The first-order valence-corrected chi connectivity index (χ1v) is 10.4. The predicted octanol–water partition coefficient (Wildman–Crippen LogP) is 5.95. The van der Waals surface area contributed by atoms with E-state index in [1.54, 1.807) is 0 Å². The number of rotatable bonds is 5. The van der Waals surface area contributed by atoms with Crippen LogP contribution in [0.1, 0.15) is 21.5 Å². The number of aromatic nitrogens is 1. The van der Waals surface area contributed by atoms with Crippen LogP contribution < -0.4 is 5.32 Å². The number of carbonyl (C=O) groups excluding carboxylic acids is 1. The molecular formula is C25H21BrN2O. The molecule has 1 heterocycles. The Balaban J connectivity index is 1.66. The van der Waals surface area contributed by atoms with Crippen molar-refractivity contribution in [3.8, 4) is 11.3 Å². The number of halogens is 1. The molecule has 0 unspecified atom stereocenters. The molecule has 4 rings (SSSR count). The third-order valence-electron chi connectivity index (χ3n) is 4.90. The van der Waals surface area contributed by atoms with E-state index in [0.29, 0.717) is 12.1 Å². The Labute approximate surface area is 178 Å². The van der Waals surface area contributed by atoms with Crippen molar-refractivity contribution >= 4 is 32.7 Å². The lowest BCUT2D eigenvalue weighted by molar-refractivity contribution is 0.0956. The molecule has 1 N–H and O–H groups in total. The molecule has 0 aliphatic carbocycles. The van der Waals surface area contributed by atoms with E-state index in [1.165, 1.54) is 11.1 Å². The van der Waals surface area contributed by atoms with Crippen molar-refractivity contribution in [2.75, 3.05) is 6.54 Å². The van der Waals surface area contributed by atoms with Crippen molar-refractivity contribution < 1.29 is 4.79 Å². The van der Waals surface area contributed by atoms with Crippen LogP contribution in [-0.2, 0) is 6.42 Å². The van der Waals surface area contributed by atoms with Crippen LogP contribution in [0, 0.1) is 6.92 Å². The number of hydrogen-bond acceptors (Lipinski definition) is 2. The fraction of sp³-hybridized carbons (Fsp3) is 0.120. The van der Waals surface area contributed by atoms with Crippen molar-refractivity contribution in [1.82, 2.24) is 10.3 Å². The summed E-state index contributed by atoms with van der Waals surface area (Å²) in [6.07, 6.45) is 0.796. The summed E-state index contributed by atoms with van der Waals surface area (Å²) < 4.78 is 0.924. The molecule has 0 radical (unpaired) electrons. The first kappa shape index (κ1) is 19.3. The van der Waals surface area contributed by atoms with Crippen LogP contribution in [0.25, 0.3) is 22.2 Å². The van der Waals surface area contributed by atoms with Gasteiger partial charge < -0.3 is 5.32 Å². The van der Waals surface area contributed by atoms with E-state index in [-0.39, 0.29) is 5.91 Å². The molecule has 0 bridgehead atoms. The lowest BCUT2D eigenvalue weighted by atomic mass is 10.0. The van der Waals surface area contributed by atoms with E-state index >= 15 is 0 Å². The van der Waals surface area contributed by atoms with E-state index in [4.69, 9.17) is 4.98 Å². The van der Waals surface area contributed by atoms with E-state index in [0.717, 1.165) is 33.1 Å². The van der Waals surface area contributed by atoms with Gasteiger partial charge in [-0.1, -0.05) is 76.1 Å². The van der Waals surface area contributed by atoms with Crippen LogP contribution in [0.2, 0.25) is 0 Å². The molecule has 3 nitrogen and oxygen atoms in total. The summed E-state index contributed by atoms with van der Waals surface area (Å²) >= 11 is 3.51. The number of aryl methyl sites for hydroxylation is 1. The first-order valence-electron chi connectivity index (χ1n) is 9.59. The first-order chi connectivity index (χ1) is 14.1. The Morgan fingerprint density at radius 3 is 2.48 bits per heavy atom. The van der Waals surface area contributed by atoms with Gasteiger partial charge in [-0.3, -0.25) is 4.79 Å². The normalized spacial score (nSPS) is 10.8. The zero-order chi connectivity index (χ0) is 20.2. The standard InChI is InChI=1S/C25H21BrN2O/c1-17-7-9-19(10-8-17)24-16-22(21-15-20(26)11-12-23(21)28-24)25(29)27-14-13-18-5-3-2-4-6-18/h2-12,15-16H,13-14H2,1H3,(H,27,29). The Morgan fingerprint density at radius 1 is 0.966 bits per heavy atom. The van der Waals surface area contributed by atoms with E-state index in [1.807, 2.05) is 54.6 Å². The summed E-state index contributed by atoms with van der Waals surface area (Å²) in [4.78, 5) is 17.8. The fourth-order valence-electron chi connectivity index (χ4n) is 3.32. The molecular weight excluding hydrogens is 424 g/mol. The molecule has 1 amide bonds. The van der Waals surface area contributed by atoms with Crippen LogP contribution in [0.5, 0.6) is 0 Å². The second kappa shape index (κ2) is 8.58. The van der Waals surface area contributed by atoms with Crippen LogP contribution >= 0.6 is 15.9 Å². The Bertz CT molecular complexity index is 1150. The maximum atomic E-state index is 13.0. The minimum Gasteiger partial charge on any atom is -0.352 e. The quantitative estimate of drug-likeness (QED) is 0.413. The van der Waals surface area contributed by atoms with Crippen LogP contribution in [0.4, 0.5) is 0 Å². The second-order valence-electron chi connectivity index (χ2n) is 7.07. The predicted molar refractivity (Wildman–Crippen MR) is 122 cm³/mol. The van der Waals surface area contributed by atoms with Crippen molar-refractivity contribution in [2.45, 2.75) is 13.3 Å². The van der Waals surface area contributed by atoms with Gasteiger partial charge in [-0.25, -0.2) is 4.98 Å². The monoisotopic (exact) mass is 444 g/mol. The van der Waals surface area contributed by atoms with Crippen LogP contribution in [0.15, 0.2) is 83.3 Å². The van der Waals surface area contributed by atoms with Gasteiger partial charge in [-0.05, 0) is 43.2 Å². The molecule has 0 fully saturated rings. The highest BCUT2D eigenvalue weighted by Crippen LogP contribution is 2.27. The minimum atomic E-state index is -0.0835. The Morgan fingerprint density at radius 2 is 1.72 bits per heavy atom. The SMILES string of the molecule is Cc1ccc(-c2cc(C(=O)NCCc3ccccc3)c3cc(Br)ccc3n2)cc1.